The van der Waals surface area contributed by atoms with E-state index in [0.717, 1.165) is 49.0 Å². The molecule has 53 heavy (non-hydrogen) atoms. The lowest BCUT2D eigenvalue weighted by Gasteiger charge is -2.29. The highest BCUT2D eigenvalue weighted by Crippen LogP contribution is 2.51. The number of methoxy groups -OCH3 is 3. The van der Waals surface area contributed by atoms with Crippen LogP contribution in [0.4, 0.5) is 11.4 Å². The first-order chi connectivity index (χ1) is 25.7. The summed E-state index contributed by atoms with van der Waals surface area (Å²) in [6.07, 6.45) is 6.37. The number of hydrogen-bond acceptors (Lipinski definition) is 11. The topological polar surface area (TPSA) is 148 Å². The predicted molar refractivity (Wildman–Crippen MR) is 201 cm³/mol. The van der Waals surface area contributed by atoms with Gasteiger partial charge in [-0.2, -0.15) is 0 Å². The second-order valence-electron chi connectivity index (χ2n) is 14.3. The van der Waals surface area contributed by atoms with Crippen molar-refractivity contribution in [1.29, 1.82) is 0 Å². The number of benzene rings is 3. The Hall–Kier alpha value is -5.14. The summed E-state index contributed by atoms with van der Waals surface area (Å²) in [4.78, 5) is 31.0. The van der Waals surface area contributed by atoms with E-state index in [4.69, 9.17) is 29.5 Å². The number of hydrogen-bond donors (Lipinski definition) is 3. The van der Waals surface area contributed by atoms with Crippen molar-refractivity contribution in [3.8, 4) is 28.7 Å². The lowest BCUT2D eigenvalue weighted by Crippen LogP contribution is -2.47. The molecule has 3 aliphatic heterocycles. The number of nitrogens with one attached hydrogen (secondary N) is 1. The Morgan fingerprint density at radius 1 is 0.887 bits per heavy atom. The number of hydrazine groups is 1. The Morgan fingerprint density at radius 2 is 1.57 bits per heavy atom. The first kappa shape index (κ1) is 36.2. The zero-order valence-electron chi connectivity index (χ0n) is 30.9. The van der Waals surface area contributed by atoms with Crippen molar-refractivity contribution < 1.29 is 38.4 Å². The van der Waals surface area contributed by atoms with Gasteiger partial charge in [0.25, 0.3) is 11.8 Å². The van der Waals surface area contributed by atoms with Gasteiger partial charge in [0, 0.05) is 37.8 Å². The van der Waals surface area contributed by atoms with Crippen LogP contribution in [-0.4, -0.2) is 93.2 Å². The molecule has 13 heteroatoms. The van der Waals surface area contributed by atoms with E-state index in [0.29, 0.717) is 71.6 Å². The molecule has 2 atom stereocenters. The van der Waals surface area contributed by atoms with Crippen molar-refractivity contribution in [3.05, 3.63) is 71.4 Å². The van der Waals surface area contributed by atoms with Crippen LogP contribution in [0, 0.1) is 5.41 Å². The van der Waals surface area contributed by atoms with E-state index in [1.807, 2.05) is 36.5 Å². The fourth-order valence-electron chi connectivity index (χ4n) is 7.66. The minimum atomic E-state index is -1.07. The molecule has 4 aliphatic rings. The maximum atomic E-state index is 13.8. The molecule has 1 fully saturated rings. The molecule has 2 amide bonds. The van der Waals surface area contributed by atoms with Crippen molar-refractivity contribution in [2.45, 2.75) is 57.7 Å². The van der Waals surface area contributed by atoms with E-state index in [2.05, 4.69) is 12.2 Å². The second-order valence-corrected chi connectivity index (χ2v) is 14.3. The fourth-order valence-corrected chi connectivity index (χ4v) is 7.66. The number of carbonyl (C=O) groups excluding carboxylic acids is 2. The van der Waals surface area contributed by atoms with E-state index in [9.17, 15) is 14.7 Å². The van der Waals surface area contributed by atoms with Gasteiger partial charge in [-0.1, -0.05) is 25.5 Å². The van der Waals surface area contributed by atoms with Crippen LogP contribution in [0.1, 0.15) is 71.7 Å². The van der Waals surface area contributed by atoms with Crippen LogP contribution in [0.2, 0.25) is 0 Å². The van der Waals surface area contributed by atoms with Crippen LogP contribution in [-0.2, 0) is 0 Å². The molecule has 4 N–H and O–H groups in total. The number of carbonyl (C=O) groups is 2. The highest BCUT2D eigenvalue weighted by molar-refractivity contribution is 6.03. The quantitative estimate of drug-likeness (QED) is 0.147. The summed E-state index contributed by atoms with van der Waals surface area (Å²) in [5.41, 5.74) is 4.21. The summed E-state index contributed by atoms with van der Waals surface area (Å²) in [5.74, 6) is 8.60. The number of amides is 2. The first-order valence-corrected chi connectivity index (χ1v) is 18.3. The molecule has 3 heterocycles. The van der Waals surface area contributed by atoms with Gasteiger partial charge in [-0.05, 0) is 66.5 Å². The summed E-state index contributed by atoms with van der Waals surface area (Å²) in [7, 11) is 4.71. The van der Waals surface area contributed by atoms with E-state index in [1.54, 1.807) is 42.2 Å². The maximum Gasteiger partial charge on any atom is 0.260 e. The number of nitrogens with two attached hydrogens (primary N) is 1. The Bertz CT molecular complexity index is 1880. The van der Waals surface area contributed by atoms with Crippen LogP contribution in [0.3, 0.4) is 0 Å². The Morgan fingerprint density at radius 3 is 2.21 bits per heavy atom. The fraction of sp³-hybridized carbons (Fsp3) is 0.450. The lowest BCUT2D eigenvalue weighted by atomic mass is 9.99. The second kappa shape index (κ2) is 15.1. The molecule has 0 spiro atoms. The number of rotatable bonds is 14. The Kier molecular flexibility index (Phi) is 10.3. The normalized spacial score (nSPS) is 20.0. The van der Waals surface area contributed by atoms with Gasteiger partial charge in [-0.25, -0.2) is 5.84 Å². The van der Waals surface area contributed by atoms with Crippen LogP contribution in [0.5, 0.6) is 28.7 Å². The predicted octanol–water partition coefficient (Wildman–Crippen LogP) is 5.28. The third-order valence-electron chi connectivity index (χ3n) is 10.8. The Labute approximate surface area is 310 Å². The van der Waals surface area contributed by atoms with Gasteiger partial charge < -0.3 is 43.9 Å². The summed E-state index contributed by atoms with van der Waals surface area (Å²) in [5, 5.41) is 15.6. The summed E-state index contributed by atoms with van der Waals surface area (Å²) >= 11 is 0. The number of anilines is 2. The largest absolute Gasteiger partial charge is 0.497 e. The first-order valence-electron chi connectivity index (χ1n) is 18.3. The van der Waals surface area contributed by atoms with E-state index < -0.39 is 6.23 Å². The van der Waals surface area contributed by atoms with Gasteiger partial charge in [0.15, 0.2) is 29.2 Å². The van der Waals surface area contributed by atoms with E-state index in [-0.39, 0.29) is 36.4 Å². The molecule has 1 unspecified atom stereocenters. The zero-order chi connectivity index (χ0) is 37.3. The summed E-state index contributed by atoms with van der Waals surface area (Å²) in [6.45, 7) is 4.01. The van der Waals surface area contributed by atoms with Gasteiger partial charge in [0.05, 0.1) is 69.6 Å². The lowest BCUT2D eigenvalue weighted by molar-refractivity contribution is 0.0587. The highest BCUT2D eigenvalue weighted by atomic mass is 16.5. The average molecular weight is 728 g/mol. The zero-order valence-corrected chi connectivity index (χ0v) is 30.9. The minimum Gasteiger partial charge on any atom is -0.497 e. The van der Waals surface area contributed by atoms with Crippen LogP contribution < -0.4 is 39.9 Å². The van der Waals surface area contributed by atoms with Gasteiger partial charge in [0.1, 0.15) is 5.75 Å². The molecule has 0 aromatic heterocycles. The molecule has 7 rings (SSSR count). The van der Waals surface area contributed by atoms with Crippen molar-refractivity contribution in [3.63, 3.8) is 0 Å². The van der Waals surface area contributed by atoms with Crippen LogP contribution in [0.15, 0.2) is 54.7 Å². The van der Waals surface area contributed by atoms with E-state index in [1.165, 1.54) is 12.1 Å². The summed E-state index contributed by atoms with van der Waals surface area (Å²) in [6, 6.07) is 14.7. The molecule has 3 aromatic carbocycles. The summed E-state index contributed by atoms with van der Waals surface area (Å²) < 4.78 is 28.8. The van der Waals surface area contributed by atoms with Crippen LogP contribution in [0.25, 0.3) is 5.57 Å². The average Bonchev–Trinajstić information content (AvgIpc) is 3.84. The molecule has 1 saturated carbocycles. The number of aliphatic hydroxyl groups excluding tert-OH is 1. The van der Waals surface area contributed by atoms with Crippen molar-refractivity contribution in [1.82, 2.24) is 9.80 Å². The van der Waals surface area contributed by atoms with Gasteiger partial charge in [-0.15, -0.1) is 0 Å². The molecular weight excluding hydrogens is 678 g/mol. The van der Waals surface area contributed by atoms with Crippen LogP contribution >= 0.6 is 0 Å². The number of fused-ring (bicyclic) bond motifs is 3. The molecule has 0 bridgehead atoms. The standard InChI is InChI=1S/C40H49N5O8/c1-5-11-40(12-13-40)24-43-23-37(46)45(41)32-20-36(34(51-4)18-30(32)38(43)47)53-15-6-14-52-35-19-31-29(17-33(35)50-3)39(48)44-22-26(16-27(44)21-42-31)25-7-9-28(49-2)10-8-25/h7-10,17-20,22,27,37,42,46H,5-6,11-16,21,23-24,41H2,1-4H3/t27?,37-/m0/s1. The molecule has 0 radical (unpaired) electrons. The third kappa shape index (κ3) is 7.27. The number of aliphatic hydroxyl groups is 1. The molecule has 1 aliphatic carbocycles. The Balaban J connectivity index is 0.994. The van der Waals surface area contributed by atoms with Gasteiger partial charge >= 0.3 is 0 Å². The maximum absolute atomic E-state index is 13.8. The molecule has 0 saturated heterocycles. The molecular formula is C40H49N5O8. The van der Waals surface area contributed by atoms with E-state index >= 15 is 0 Å². The molecule has 282 valence electrons. The monoisotopic (exact) mass is 727 g/mol. The SMILES string of the molecule is CCCC1(CN2C[C@H](O)N(N)c3cc(OCCCOc4cc5c(cc4OC)C(=O)N4C=C(c6ccc(OC)cc6)CC4CN5)c(OC)cc3C2=O)CC1. The number of ether oxygens (including phenoxy) is 5. The molecule has 13 nitrogen and oxygen atoms in total. The highest BCUT2D eigenvalue weighted by Gasteiger charge is 2.45. The van der Waals surface area contributed by atoms with Crippen molar-refractivity contribution in [2.24, 2.45) is 11.3 Å². The number of nitrogens with zero attached hydrogens (tertiary/aromatic N) is 3. The van der Waals surface area contributed by atoms with Gasteiger partial charge in [-0.3, -0.25) is 14.6 Å². The van der Waals surface area contributed by atoms with Crippen molar-refractivity contribution in [2.75, 3.05) is 64.5 Å². The van der Waals surface area contributed by atoms with Gasteiger partial charge in [0.2, 0.25) is 0 Å². The smallest absolute Gasteiger partial charge is 0.260 e. The molecule has 3 aromatic rings. The third-order valence-corrected chi connectivity index (χ3v) is 10.8. The van der Waals surface area contributed by atoms with Crippen molar-refractivity contribution >= 4 is 28.8 Å². The number of β-amino-alcohol motifs (C(OH)–C–C–N with tert-alkyl or cyclic N) is 1. The minimum absolute atomic E-state index is 0.0307.